The van der Waals surface area contributed by atoms with Crippen LogP contribution < -0.4 is 5.32 Å². The molecule has 100 valence electrons. The highest BCUT2D eigenvalue weighted by atomic mass is 15.2. The Balaban J connectivity index is 2.12. The Bertz CT molecular complexity index is 477. The van der Waals surface area contributed by atoms with Crippen LogP contribution in [0.4, 0.5) is 0 Å². The van der Waals surface area contributed by atoms with E-state index in [1.807, 2.05) is 0 Å². The second-order valence-corrected chi connectivity index (χ2v) is 7.58. The summed E-state index contributed by atoms with van der Waals surface area (Å²) < 4.78 is 2.58. The van der Waals surface area contributed by atoms with Gasteiger partial charge in [-0.3, -0.25) is 0 Å². The summed E-state index contributed by atoms with van der Waals surface area (Å²) in [5, 5.41) is 3.44. The van der Waals surface area contributed by atoms with Crippen molar-refractivity contribution >= 4 is 0 Å². The lowest BCUT2D eigenvalue weighted by molar-refractivity contribution is 0.454. The van der Waals surface area contributed by atoms with E-state index in [1.54, 1.807) is 0 Å². The summed E-state index contributed by atoms with van der Waals surface area (Å²) in [5.74, 6) is 1.28. The van der Waals surface area contributed by atoms with E-state index < -0.39 is 0 Å². The summed E-state index contributed by atoms with van der Waals surface area (Å²) in [4.78, 5) is 4.95. The van der Waals surface area contributed by atoms with Gasteiger partial charge in [-0.15, -0.1) is 0 Å². The highest BCUT2D eigenvalue weighted by Gasteiger charge is 2.50. The molecule has 1 aliphatic carbocycles. The normalized spacial score (nSPS) is 25.9. The monoisotopic (exact) mass is 247 g/mol. The molecule has 2 aliphatic rings. The van der Waals surface area contributed by atoms with Crippen molar-refractivity contribution in [3.8, 4) is 0 Å². The summed E-state index contributed by atoms with van der Waals surface area (Å²) >= 11 is 0. The minimum atomic E-state index is 0.135. The van der Waals surface area contributed by atoms with Gasteiger partial charge in [0.1, 0.15) is 5.82 Å². The van der Waals surface area contributed by atoms with Gasteiger partial charge in [-0.2, -0.15) is 0 Å². The number of fused-ring (bicyclic) bond motifs is 1. The molecule has 18 heavy (non-hydrogen) atoms. The highest BCUT2D eigenvalue weighted by Crippen LogP contribution is 2.57. The van der Waals surface area contributed by atoms with E-state index in [9.17, 15) is 0 Å². The lowest BCUT2D eigenvalue weighted by Gasteiger charge is -2.23. The Labute approximate surface area is 110 Å². The summed E-state index contributed by atoms with van der Waals surface area (Å²) in [6.45, 7) is 13.6. The number of hydrogen-bond donors (Lipinski definition) is 1. The van der Waals surface area contributed by atoms with E-state index in [4.69, 9.17) is 4.98 Å². The first-order valence-corrected chi connectivity index (χ1v) is 7.12. The van der Waals surface area contributed by atoms with Crippen LogP contribution in [0.2, 0.25) is 0 Å². The lowest BCUT2D eigenvalue weighted by atomic mass is 9.95. The molecule has 0 spiro atoms. The van der Waals surface area contributed by atoms with Gasteiger partial charge < -0.3 is 9.88 Å². The number of nitrogens with zero attached hydrogens (tertiary/aromatic N) is 2. The number of hydrogen-bond acceptors (Lipinski definition) is 2. The number of rotatable bonds is 1. The molecule has 1 unspecified atom stereocenters. The van der Waals surface area contributed by atoms with Crippen LogP contribution in [0, 0.1) is 5.41 Å². The summed E-state index contributed by atoms with van der Waals surface area (Å²) in [6.07, 6.45) is 2.43. The van der Waals surface area contributed by atoms with Crippen LogP contribution in [0.15, 0.2) is 0 Å². The molecule has 0 bridgehead atoms. The fourth-order valence-electron chi connectivity index (χ4n) is 3.08. The molecule has 0 aromatic carbocycles. The van der Waals surface area contributed by atoms with Gasteiger partial charge in [0.25, 0.3) is 0 Å². The van der Waals surface area contributed by atoms with Crippen LogP contribution in [-0.2, 0) is 18.4 Å². The molecule has 1 atom stereocenters. The zero-order valence-electron chi connectivity index (χ0n) is 12.3. The largest absolute Gasteiger partial charge is 0.328 e. The van der Waals surface area contributed by atoms with Gasteiger partial charge in [0, 0.05) is 36.7 Å². The zero-order valence-corrected chi connectivity index (χ0v) is 12.3. The quantitative estimate of drug-likeness (QED) is 0.827. The van der Waals surface area contributed by atoms with Crippen LogP contribution in [0.1, 0.15) is 64.3 Å². The van der Waals surface area contributed by atoms with Crippen molar-refractivity contribution < 1.29 is 0 Å². The maximum absolute atomic E-state index is 4.95. The van der Waals surface area contributed by atoms with Crippen molar-refractivity contribution in [1.82, 2.24) is 14.9 Å². The molecule has 1 N–H and O–H groups in total. The molecular formula is C15H25N3. The molecule has 0 amide bonds. The molecular weight excluding hydrogens is 222 g/mol. The van der Waals surface area contributed by atoms with Gasteiger partial charge in [0.15, 0.2) is 0 Å². The van der Waals surface area contributed by atoms with Crippen molar-refractivity contribution in [2.75, 3.05) is 6.54 Å². The van der Waals surface area contributed by atoms with Crippen molar-refractivity contribution in [1.29, 1.82) is 0 Å². The smallest absolute Gasteiger partial charge is 0.114 e. The second kappa shape index (κ2) is 3.60. The Hall–Kier alpha value is -0.830. The molecule has 3 nitrogen and oxygen atoms in total. The van der Waals surface area contributed by atoms with Gasteiger partial charge in [0.05, 0.1) is 5.69 Å². The molecule has 1 fully saturated rings. The van der Waals surface area contributed by atoms with E-state index in [1.165, 1.54) is 23.6 Å². The summed E-state index contributed by atoms with van der Waals surface area (Å²) in [6, 6.07) is 0.668. The standard InChI is InChI=1S/C15H25N3/c1-14(2,3)13-17-10-9-16-7-6-11(10)18(13)12-8-15(12,4)5/h12,16H,6-9H2,1-5H3. The van der Waals surface area contributed by atoms with Crippen LogP contribution in [-0.4, -0.2) is 16.1 Å². The fourth-order valence-corrected chi connectivity index (χ4v) is 3.08. The average Bonchev–Trinajstić information content (AvgIpc) is 2.74. The van der Waals surface area contributed by atoms with Gasteiger partial charge in [-0.05, 0) is 11.8 Å². The Morgan fingerprint density at radius 2 is 2.00 bits per heavy atom. The first-order valence-electron chi connectivity index (χ1n) is 7.12. The van der Waals surface area contributed by atoms with E-state index in [0.29, 0.717) is 11.5 Å². The third-order valence-electron chi connectivity index (χ3n) is 4.37. The molecule has 0 radical (unpaired) electrons. The predicted molar refractivity (Wildman–Crippen MR) is 73.8 cm³/mol. The van der Waals surface area contributed by atoms with Crippen LogP contribution in [0.3, 0.4) is 0 Å². The lowest BCUT2D eigenvalue weighted by Crippen LogP contribution is -2.25. The van der Waals surface area contributed by atoms with Crippen LogP contribution in [0.25, 0.3) is 0 Å². The first-order chi connectivity index (χ1) is 8.31. The Morgan fingerprint density at radius 3 is 2.56 bits per heavy atom. The SMILES string of the molecule is CC(C)(C)c1nc2c(n1C1CC1(C)C)CCNC2. The molecule has 1 aromatic heterocycles. The number of aromatic nitrogens is 2. The molecule has 3 rings (SSSR count). The first kappa shape index (κ1) is 12.2. The van der Waals surface area contributed by atoms with Crippen LogP contribution in [0.5, 0.6) is 0 Å². The third-order valence-corrected chi connectivity index (χ3v) is 4.37. The fraction of sp³-hybridized carbons (Fsp3) is 0.800. The van der Waals surface area contributed by atoms with Crippen molar-refractivity contribution in [3.63, 3.8) is 0 Å². The van der Waals surface area contributed by atoms with Crippen molar-refractivity contribution in [2.24, 2.45) is 5.41 Å². The summed E-state index contributed by atoms with van der Waals surface area (Å²) in [7, 11) is 0. The van der Waals surface area contributed by atoms with E-state index >= 15 is 0 Å². The topological polar surface area (TPSA) is 29.9 Å². The average molecular weight is 247 g/mol. The van der Waals surface area contributed by atoms with E-state index in [-0.39, 0.29) is 5.41 Å². The second-order valence-electron chi connectivity index (χ2n) is 7.58. The summed E-state index contributed by atoms with van der Waals surface area (Å²) in [5.41, 5.74) is 3.37. The minimum Gasteiger partial charge on any atom is -0.328 e. The predicted octanol–water partition coefficient (Wildman–Crippen LogP) is 2.80. The highest BCUT2D eigenvalue weighted by molar-refractivity contribution is 5.27. The number of nitrogens with one attached hydrogen (secondary N) is 1. The maximum Gasteiger partial charge on any atom is 0.114 e. The molecule has 2 heterocycles. The van der Waals surface area contributed by atoms with Gasteiger partial charge in [0.2, 0.25) is 0 Å². The van der Waals surface area contributed by atoms with E-state index in [2.05, 4.69) is 44.5 Å². The van der Waals surface area contributed by atoms with Crippen LogP contribution >= 0.6 is 0 Å². The number of imidazole rings is 1. The third kappa shape index (κ3) is 1.80. The van der Waals surface area contributed by atoms with E-state index in [0.717, 1.165) is 19.5 Å². The van der Waals surface area contributed by atoms with Crippen molar-refractivity contribution in [2.45, 2.75) is 65.5 Å². The minimum absolute atomic E-state index is 0.135. The van der Waals surface area contributed by atoms with Gasteiger partial charge in [-0.1, -0.05) is 34.6 Å². The Morgan fingerprint density at radius 1 is 1.33 bits per heavy atom. The van der Waals surface area contributed by atoms with Gasteiger partial charge >= 0.3 is 0 Å². The molecule has 1 aromatic rings. The maximum atomic E-state index is 4.95. The molecule has 1 aliphatic heterocycles. The Kier molecular flexibility index (Phi) is 2.44. The molecule has 3 heteroatoms. The van der Waals surface area contributed by atoms with Gasteiger partial charge in [-0.25, -0.2) is 4.98 Å². The molecule has 0 saturated heterocycles. The zero-order chi connectivity index (χ0) is 13.1. The molecule has 1 saturated carbocycles. The van der Waals surface area contributed by atoms with Crippen molar-refractivity contribution in [3.05, 3.63) is 17.2 Å².